The normalized spacial score (nSPS) is 12.9. The van der Waals surface area contributed by atoms with E-state index in [4.69, 9.17) is 10.5 Å². The van der Waals surface area contributed by atoms with Gasteiger partial charge in [-0.2, -0.15) is 10.5 Å². The number of halogens is 1. The van der Waals surface area contributed by atoms with Gasteiger partial charge in [0.15, 0.2) is 5.78 Å². The minimum atomic E-state index is -0.367. The Morgan fingerprint density at radius 1 is 1.05 bits per heavy atom. The number of allylic oxidation sites excluding steroid dienone is 2. The number of rotatable bonds is 0. The van der Waals surface area contributed by atoms with Crippen LogP contribution in [0.4, 0.5) is 4.39 Å². The molecule has 0 unspecified atom stereocenters. The first-order valence-corrected chi connectivity index (χ1v) is 5.94. The Balaban J connectivity index is 2.36. The van der Waals surface area contributed by atoms with E-state index in [1.54, 1.807) is 18.2 Å². The maximum Gasteiger partial charge on any atom is 0.167 e. The largest absolute Gasteiger partial charge is 0.294 e. The standard InChI is InChI=1S/C16H7FN2O/c17-12-2-1-9-4-14-13(11(7-18)8-19)6-16(20)15(14)5-10(9)3-12/h1-5H,6H2. The van der Waals surface area contributed by atoms with E-state index in [0.717, 1.165) is 5.39 Å². The molecule has 0 bridgehead atoms. The zero-order valence-electron chi connectivity index (χ0n) is 10.3. The first-order chi connectivity index (χ1) is 9.63. The van der Waals surface area contributed by atoms with Crippen LogP contribution in [0.2, 0.25) is 0 Å². The van der Waals surface area contributed by atoms with E-state index in [1.807, 2.05) is 12.1 Å². The fraction of sp³-hybridized carbons (Fsp3) is 0.0625. The summed E-state index contributed by atoms with van der Waals surface area (Å²) in [6.07, 6.45) is 0.0462. The molecule has 0 radical (unpaired) electrons. The molecule has 0 heterocycles. The van der Waals surface area contributed by atoms with Gasteiger partial charge in [0.2, 0.25) is 0 Å². The highest BCUT2D eigenvalue weighted by molar-refractivity contribution is 6.15. The monoisotopic (exact) mass is 262 g/mol. The predicted octanol–water partition coefficient (Wildman–Crippen LogP) is 3.37. The molecule has 1 aliphatic rings. The van der Waals surface area contributed by atoms with Crippen LogP contribution < -0.4 is 0 Å². The first-order valence-electron chi connectivity index (χ1n) is 5.94. The summed E-state index contributed by atoms with van der Waals surface area (Å²) in [5.41, 5.74) is 1.47. The van der Waals surface area contributed by atoms with Crippen molar-refractivity contribution >= 4 is 22.1 Å². The number of hydrogen-bond donors (Lipinski definition) is 0. The summed E-state index contributed by atoms with van der Waals surface area (Å²) in [6.45, 7) is 0. The van der Waals surface area contributed by atoms with E-state index in [2.05, 4.69) is 0 Å². The lowest BCUT2D eigenvalue weighted by molar-refractivity contribution is 0.100. The van der Waals surface area contributed by atoms with Crippen molar-refractivity contribution in [2.45, 2.75) is 6.42 Å². The zero-order chi connectivity index (χ0) is 14.3. The highest BCUT2D eigenvalue weighted by Crippen LogP contribution is 2.37. The second kappa shape index (κ2) is 4.29. The summed E-state index contributed by atoms with van der Waals surface area (Å²) in [4.78, 5) is 12.0. The van der Waals surface area contributed by atoms with Crippen LogP contribution in [0.15, 0.2) is 35.9 Å². The lowest BCUT2D eigenvalue weighted by atomic mass is 9.99. The molecule has 0 aliphatic heterocycles. The molecule has 0 saturated heterocycles. The van der Waals surface area contributed by atoms with E-state index in [-0.39, 0.29) is 23.6 Å². The van der Waals surface area contributed by atoms with Crippen LogP contribution in [0, 0.1) is 28.5 Å². The van der Waals surface area contributed by atoms with Gasteiger partial charge >= 0.3 is 0 Å². The number of hydrogen-bond acceptors (Lipinski definition) is 3. The summed E-state index contributed by atoms with van der Waals surface area (Å²) < 4.78 is 13.2. The van der Waals surface area contributed by atoms with Crippen LogP contribution in [0.5, 0.6) is 0 Å². The van der Waals surface area contributed by atoms with Crippen LogP contribution in [-0.2, 0) is 0 Å². The minimum absolute atomic E-state index is 0.0430. The fourth-order valence-electron chi connectivity index (χ4n) is 2.48. The van der Waals surface area contributed by atoms with Crippen molar-refractivity contribution in [2.75, 3.05) is 0 Å². The number of nitrogens with zero attached hydrogens (tertiary/aromatic N) is 2. The van der Waals surface area contributed by atoms with Gasteiger partial charge in [0.25, 0.3) is 0 Å². The van der Waals surface area contributed by atoms with Gasteiger partial charge in [0.05, 0.1) is 0 Å². The number of carbonyl (C=O) groups excluding carboxylic acids is 1. The van der Waals surface area contributed by atoms with Crippen LogP contribution >= 0.6 is 0 Å². The molecule has 0 saturated carbocycles. The molecule has 0 atom stereocenters. The number of ketones is 1. The topological polar surface area (TPSA) is 64.7 Å². The third-order valence-electron chi connectivity index (χ3n) is 3.43. The summed E-state index contributed by atoms with van der Waals surface area (Å²) in [7, 11) is 0. The van der Waals surface area contributed by atoms with Crippen LogP contribution in [0.3, 0.4) is 0 Å². The average Bonchev–Trinajstić information content (AvgIpc) is 2.75. The molecule has 0 aromatic heterocycles. The Bertz CT molecular complexity index is 866. The summed E-state index contributed by atoms with van der Waals surface area (Å²) in [5.74, 6) is -0.516. The first kappa shape index (κ1) is 12.1. The summed E-state index contributed by atoms with van der Waals surface area (Å²) >= 11 is 0. The Hall–Kier alpha value is -2.98. The molecular weight excluding hydrogens is 255 g/mol. The number of Topliss-reactive ketones (excluding diaryl/α,β-unsaturated/α-hetero) is 1. The molecule has 0 amide bonds. The molecule has 2 aromatic rings. The third-order valence-corrected chi connectivity index (χ3v) is 3.43. The van der Waals surface area contributed by atoms with Crippen molar-refractivity contribution in [3.8, 4) is 12.1 Å². The Morgan fingerprint density at radius 3 is 2.45 bits per heavy atom. The third kappa shape index (κ3) is 1.67. The van der Waals surface area contributed by atoms with Gasteiger partial charge in [0, 0.05) is 12.0 Å². The van der Waals surface area contributed by atoms with Gasteiger partial charge in [-0.05, 0) is 46.2 Å². The molecule has 0 spiro atoms. The lowest BCUT2D eigenvalue weighted by Gasteiger charge is -2.04. The summed E-state index contributed by atoms with van der Waals surface area (Å²) in [5, 5.41) is 19.3. The van der Waals surface area contributed by atoms with E-state index in [9.17, 15) is 9.18 Å². The van der Waals surface area contributed by atoms with E-state index < -0.39 is 0 Å². The zero-order valence-corrected chi connectivity index (χ0v) is 10.3. The van der Waals surface area contributed by atoms with E-state index in [1.165, 1.54) is 12.1 Å². The van der Waals surface area contributed by atoms with Crippen molar-refractivity contribution in [3.05, 3.63) is 52.8 Å². The predicted molar refractivity (Wildman–Crippen MR) is 71.0 cm³/mol. The highest BCUT2D eigenvalue weighted by Gasteiger charge is 2.27. The number of fused-ring (bicyclic) bond motifs is 2. The Kier molecular flexibility index (Phi) is 2.59. The number of carbonyl (C=O) groups is 1. The van der Waals surface area contributed by atoms with Crippen molar-refractivity contribution in [2.24, 2.45) is 0 Å². The van der Waals surface area contributed by atoms with Crippen LogP contribution in [0.25, 0.3) is 16.3 Å². The molecule has 4 heteroatoms. The van der Waals surface area contributed by atoms with Gasteiger partial charge in [-0.3, -0.25) is 4.79 Å². The molecule has 3 rings (SSSR count). The van der Waals surface area contributed by atoms with Crippen molar-refractivity contribution in [1.29, 1.82) is 10.5 Å². The molecule has 0 fully saturated rings. The highest BCUT2D eigenvalue weighted by atomic mass is 19.1. The van der Waals surface area contributed by atoms with Crippen molar-refractivity contribution < 1.29 is 9.18 Å². The molecule has 2 aromatic carbocycles. The van der Waals surface area contributed by atoms with Gasteiger partial charge in [-0.25, -0.2) is 4.39 Å². The molecule has 20 heavy (non-hydrogen) atoms. The smallest absolute Gasteiger partial charge is 0.167 e. The fourth-order valence-corrected chi connectivity index (χ4v) is 2.48. The Labute approximate surface area is 114 Å². The van der Waals surface area contributed by atoms with E-state index in [0.29, 0.717) is 22.1 Å². The number of benzene rings is 2. The maximum atomic E-state index is 13.2. The van der Waals surface area contributed by atoms with Gasteiger partial charge < -0.3 is 0 Å². The molecule has 94 valence electrons. The summed E-state index contributed by atoms with van der Waals surface area (Å²) in [6, 6.07) is 11.3. The van der Waals surface area contributed by atoms with E-state index >= 15 is 0 Å². The Morgan fingerprint density at radius 2 is 1.75 bits per heavy atom. The second-order valence-corrected chi connectivity index (χ2v) is 4.57. The van der Waals surface area contributed by atoms with Crippen LogP contribution in [0.1, 0.15) is 22.3 Å². The SMILES string of the molecule is N#CC(C#N)=C1CC(=O)c2cc3cc(F)ccc3cc21. The molecular formula is C16H7FN2O. The van der Waals surface area contributed by atoms with Gasteiger partial charge in [-0.1, -0.05) is 6.07 Å². The maximum absolute atomic E-state index is 13.2. The molecule has 1 aliphatic carbocycles. The van der Waals surface area contributed by atoms with Gasteiger partial charge in [0.1, 0.15) is 23.5 Å². The second-order valence-electron chi connectivity index (χ2n) is 4.57. The number of nitriles is 2. The lowest BCUT2D eigenvalue weighted by Crippen LogP contribution is -1.91. The average molecular weight is 262 g/mol. The van der Waals surface area contributed by atoms with Crippen LogP contribution in [-0.4, -0.2) is 5.78 Å². The van der Waals surface area contributed by atoms with Gasteiger partial charge in [-0.15, -0.1) is 0 Å². The molecule has 0 N–H and O–H groups in total. The molecule has 3 nitrogen and oxygen atoms in total. The van der Waals surface area contributed by atoms with Crippen molar-refractivity contribution in [3.63, 3.8) is 0 Å². The minimum Gasteiger partial charge on any atom is -0.294 e. The van der Waals surface area contributed by atoms with Crippen molar-refractivity contribution in [1.82, 2.24) is 0 Å². The quantitative estimate of drug-likeness (QED) is 0.684.